The fourth-order valence-corrected chi connectivity index (χ4v) is 3.95. The van der Waals surface area contributed by atoms with E-state index in [1.807, 2.05) is 34.2 Å². The lowest BCUT2D eigenvalue weighted by Gasteiger charge is -2.10. The van der Waals surface area contributed by atoms with Crippen molar-refractivity contribution < 1.29 is 9.53 Å². The number of hydrogen-bond donors (Lipinski definition) is 1. The van der Waals surface area contributed by atoms with Crippen LogP contribution in [0.15, 0.2) is 59.2 Å². The monoisotopic (exact) mass is 398 g/mol. The molecule has 0 unspecified atom stereocenters. The van der Waals surface area contributed by atoms with Gasteiger partial charge in [-0.15, -0.1) is 11.3 Å². The number of ether oxygens (including phenoxy) is 1. The molecule has 0 bridgehead atoms. The van der Waals surface area contributed by atoms with E-state index in [0.717, 1.165) is 16.8 Å². The smallest absolute Gasteiger partial charge is 0.280 e. The Bertz CT molecular complexity index is 1190. The van der Waals surface area contributed by atoms with E-state index in [2.05, 4.69) is 15.0 Å². The van der Waals surface area contributed by atoms with E-state index in [1.165, 1.54) is 11.3 Å². The third-order valence-electron chi connectivity index (χ3n) is 4.05. The summed E-state index contributed by atoms with van der Waals surface area (Å²) in [5.74, 6) is -0.339. The van der Waals surface area contributed by atoms with Gasteiger partial charge >= 0.3 is 0 Å². The van der Waals surface area contributed by atoms with Gasteiger partial charge in [-0.2, -0.15) is 4.99 Å². The summed E-state index contributed by atoms with van der Waals surface area (Å²) in [5.41, 5.74) is 2.76. The fourth-order valence-electron chi connectivity index (χ4n) is 2.86. The minimum Gasteiger partial charge on any atom is -0.378 e. The van der Waals surface area contributed by atoms with Crippen LogP contribution in [0, 0.1) is 0 Å². The standard InChI is InChI=1S/C19H15ClN4O2S/c1-26-10-12-11-27-19(24(12)16-5-3-2-4-15(16)20)23-18(25)14-7-9-22-17-13(14)6-8-21-17/h2-9,11H,10H2,1H3,(H,21,22). The number of nitrogens with one attached hydrogen (secondary N) is 1. The first-order chi connectivity index (χ1) is 13.2. The number of H-pyrrole nitrogens is 1. The second-order valence-corrected chi connectivity index (χ2v) is 6.99. The van der Waals surface area contributed by atoms with Crippen LogP contribution >= 0.6 is 22.9 Å². The Morgan fingerprint density at radius 3 is 3.00 bits per heavy atom. The number of rotatable bonds is 4. The average molecular weight is 399 g/mol. The van der Waals surface area contributed by atoms with Gasteiger partial charge in [0.1, 0.15) is 5.65 Å². The Hall–Kier alpha value is -2.74. The molecule has 3 aromatic heterocycles. The molecule has 0 spiro atoms. The molecule has 4 aromatic rings. The zero-order valence-electron chi connectivity index (χ0n) is 14.3. The molecule has 4 rings (SSSR count). The van der Waals surface area contributed by atoms with Gasteiger partial charge in [0.05, 0.1) is 28.6 Å². The second kappa shape index (κ2) is 7.48. The number of aromatic nitrogens is 3. The SMILES string of the molecule is COCc1csc(=NC(=O)c2ccnc3[nH]ccc23)n1-c1ccccc1Cl. The number of benzene rings is 1. The molecule has 1 aromatic carbocycles. The Kier molecular flexibility index (Phi) is 4.89. The third-order valence-corrected chi connectivity index (χ3v) is 5.25. The highest BCUT2D eigenvalue weighted by atomic mass is 35.5. The van der Waals surface area contributed by atoms with Crippen molar-refractivity contribution in [3.8, 4) is 5.69 Å². The minimum absolute atomic E-state index is 0.339. The van der Waals surface area contributed by atoms with Crippen LogP contribution in [0.5, 0.6) is 0 Å². The molecule has 0 fully saturated rings. The Morgan fingerprint density at radius 1 is 1.33 bits per heavy atom. The Labute approximate surface area is 163 Å². The number of amides is 1. The highest BCUT2D eigenvalue weighted by Crippen LogP contribution is 2.22. The maximum atomic E-state index is 12.9. The number of pyridine rings is 1. The van der Waals surface area contributed by atoms with Crippen molar-refractivity contribution in [3.63, 3.8) is 0 Å². The van der Waals surface area contributed by atoms with Gasteiger partial charge in [-0.1, -0.05) is 23.7 Å². The first-order valence-corrected chi connectivity index (χ1v) is 9.39. The number of halogens is 1. The van der Waals surface area contributed by atoms with E-state index < -0.39 is 0 Å². The molecule has 27 heavy (non-hydrogen) atoms. The van der Waals surface area contributed by atoms with Gasteiger partial charge in [-0.05, 0) is 24.3 Å². The number of thiazole rings is 1. The zero-order chi connectivity index (χ0) is 18.8. The largest absolute Gasteiger partial charge is 0.378 e. The van der Waals surface area contributed by atoms with Gasteiger partial charge in [0, 0.05) is 30.3 Å². The molecule has 0 atom stereocenters. The minimum atomic E-state index is -0.339. The van der Waals surface area contributed by atoms with Crippen molar-refractivity contribution in [1.82, 2.24) is 14.5 Å². The lowest BCUT2D eigenvalue weighted by Crippen LogP contribution is -2.18. The van der Waals surface area contributed by atoms with Gasteiger partial charge in [0.15, 0.2) is 4.80 Å². The number of methoxy groups -OCH3 is 1. The summed E-state index contributed by atoms with van der Waals surface area (Å²) in [5, 5.41) is 3.22. The molecule has 0 aliphatic carbocycles. The van der Waals surface area contributed by atoms with Gasteiger partial charge in [0.25, 0.3) is 5.91 Å². The fraction of sp³-hybridized carbons (Fsp3) is 0.105. The van der Waals surface area contributed by atoms with Crippen molar-refractivity contribution in [2.24, 2.45) is 4.99 Å². The zero-order valence-corrected chi connectivity index (χ0v) is 15.9. The molecule has 6 nitrogen and oxygen atoms in total. The Balaban J connectivity index is 1.88. The summed E-state index contributed by atoms with van der Waals surface area (Å²) in [6, 6.07) is 10.9. The van der Waals surface area contributed by atoms with Crippen molar-refractivity contribution in [2.75, 3.05) is 7.11 Å². The molecular formula is C19H15ClN4O2S. The number of carbonyl (C=O) groups excluding carboxylic acids is 1. The van der Waals surface area contributed by atoms with Crippen molar-refractivity contribution >= 4 is 39.9 Å². The molecule has 3 heterocycles. The lowest BCUT2D eigenvalue weighted by molar-refractivity contribution is 0.0999. The summed E-state index contributed by atoms with van der Waals surface area (Å²) < 4.78 is 7.13. The normalized spacial score (nSPS) is 12.0. The van der Waals surface area contributed by atoms with Crippen LogP contribution in [0.25, 0.3) is 16.7 Å². The predicted octanol–water partition coefficient (Wildman–Crippen LogP) is 3.96. The number of hydrogen-bond acceptors (Lipinski definition) is 4. The Morgan fingerprint density at radius 2 is 2.19 bits per heavy atom. The summed E-state index contributed by atoms with van der Waals surface area (Å²) in [6.07, 6.45) is 3.34. The molecule has 1 N–H and O–H groups in total. The van der Waals surface area contributed by atoms with Crippen LogP contribution in [0.2, 0.25) is 5.02 Å². The van der Waals surface area contributed by atoms with Gasteiger partial charge in [-0.25, -0.2) is 4.98 Å². The molecule has 0 saturated heterocycles. The molecule has 1 amide bonds. The highest BCUT2D eigenvalue weighted by Gasteiger charge is 2.14. The number of carbonyl (C=O) groups is 1. The quantitative estimate of drug-likeness (QED) is 0.565. The van der Waals surface area contributed by atoms with E-state index in [1.54, 1.807) is 31.6 Å². The van der Waals surface area contributed by atoms with Crippen LogP contribution in [0.3, 0.4) is 0 Å². The first-order valence-electron chi connectivity index (χ1n) is 8.13. The van der Waals surface area contributed by atoms with Crippen LogP contribution in [0.1, 0.15) is 16.1 Å². The van der Waals surface area contributed by atoms with E-state index in [-0.39, 0.29) is 5.91 Å². The maximum absolute atomic E-state index is 12.9. The summed E-state index contributed by atoms with van der Waals surface area (Å²) >= 11 is 7.74. The molecule has 0 radical (unpaired) electrons. The van der Waals surface area contributed by atoms with E-state index in [4.69, 9.17) is 16.3 Å². The van der Waals surface area contributed by atoms with Gasteiger partial charge in [0.2, 0.25) is 0 Å². The first kappa shape index (κ1) is 17.7. The topological polar surface area (TPSA) is 72.3 Å². The molecule has 136 valence electrons. The number of para-hydroxylation sites is 1. The third kappa shape index (κ3) is 3.32. The molecule has 8 heteroatoms. The summed E-state index contributed by atoms with van der Waals surface area (Å²) in [4.78, 5) is 25.0. The molecule has 0 aliphatic heterocycles. The van der Waals surface area contributed by atoms with Crippen LogP contribution in [-0.2, 0) is 11.3 Å². The highest BCUT2D eigenvalue weighted by molar-refractivity contribution is 7.07. The lowest BCUT2D eigenvalue weighted by atomic mass is 10.2. The van der Waals surface area contributed by atoms with Gasteiger partial charge in [-0.3, -0.25) is 9.36 Å². The van der Waals surface area contributed by atoms with Crippen LogP contribution in [0.4, 0.5) is 0 Å². The average Bonchev–Trinajstić information content (AvgIpc) is 3.29. The van der Waals surface area contributed by atoms with Crippen LogP contribution in [-0.4, -0.2) is 27.6 Å². The van der Waals surface area contributed by atoms with E-state index in [0.29, 0.717) is 27.6 Å². The van der Waals surface area contributed by atoms with Crippen molar-refractivity contribution in [2.45, 2.75) is 6.61 Å². The second-order valence-electron chi connectivity index (χ2n) is 5.74. The predicted molar refractivity (Wildman–Crippen MR) is 105 cm³/mol. The summed E-state index contributed by atoms with van der Waals surface area (Å²) in [7, 11) is 1.62. The molecule has 0 aliphatic rings. The van der Waals surface area contributed by atoms with Crippen molar-refractivity contribution in [1.29, 1.82) is 0 Å². The van der Waals surface area contributed by atoms with E-state index in [9.17, 15) is 4.79 Å². The van der Waals surface area contributed by atoms with Crippen LogP contribution < -0.4 is 4.80 Å². The maximum Gasteiger partial charge on any atom is 0.280 e. The molecular weight excluding hydrogens is 384 g/mol. The number of nitrogens with zero attached hydrogens (tertiary/aromatic N) is 3. The van der Waals surface area contributed by atoms with Crippen molar-refractivity contribution in [3.05, 3.63) is 75.3 Å². The summed E-state index contributed by atoms with van der Waals surface area (Å²) in [6.45, 7) is 0.378. The van der Waals surface area contributed by atoms with Gasteiger partial charge < -0.3 is 9.72 Å². The number of fused-ring (bicyclic) bond motifs is 1. The number of aromatic amines is 1. The van der Waals surface area contributed by atoms with E-state index >= 15 is 0 Å². The molecule has 0 saturated carbocycles.